The first-order valence-corrected chi connectivity index (χ1v) is 8.10. The van der Waals surface area contributed by atoms with Gasteiger partial charge in [0.25, 0.3) is 0 Å². The van der Waals surface area contributed by atoms with E-state index >= 15 is 0 Å². The predicted octanol–water partition coefficient (Wildman–Crippen LogP) is 1.29. The molecule has 1 heterocycles. The van der Waals surface area contributed by atoms with Crippen LogP contribution in [0.2, 0.25) is 0 Å². The molecule has 0 aromatic heterocycles. The Kier molecular flexibility index (Phi) is 4.14. The Hall–Kier alpha value is -1.42. The van der Waals surface area contributed by atoms with Crippen molar-refractivity contribution in [2.45, 2.75) is 37.1 Å². The molecule has 1 aliphatic rings. The molecule has 1 aromatic rings. The standard InChI is InChI=1S/C14H19N3O2S/c1-11-3-4-12(10-15)9-13(11)20(18,19)17-14(2)5-7-16-8-6-14/h3-4,9,16-17H,5-8H2,1-2H3. The van der Waals surface area contributed by atoms with E-state index in [1.54, 1.807) is 19.1 Å². The Morgan fingerprint density at radius 2 is 2.00 bits per heavy atom. The average molecular weight is 293 g/mol. The molecule has 2 rings (SSSR count). The molecule has 6 heteroatoms. The van der Waals surface area contributed by atoms with Crippen LogP contribution in [0, 0.1) is 18.3 Å². The van der Waals surface area contributed by atoms with E-state index in [2.05, 4.69) is 10.0 Å². The molecule has 0 bridgehead atoms. The molecule has 0 atom stereocenters. The van der Waals surface area contributed by atoms with Gasteiger partial charge < -0.3 is 5.32 Å². The normalized spacial score (nSPS) is 18.4. The van der Waals surface area contributed by atoms with E-state index in [-0.39, 0.29) is 4.90 Å². The van der Waals surface area contributed by atoms with Gasteiger partial charge in [-0.2, -0.15) is 5.26 Å². The highest BCUT2D eigenvalue weighted by Crippen LogP contribution is 2.23. The van der Waals surface area contributed by atoms with Crippen molar-refractivity contribution in [1.29, 1.82) is 5.26 Å². The predicted molar refractivity (Wildman–Crippen MR) is 76.7 cm³/mol. The van der Waals surface area contributed by atoms with Gasteiger partial charge in [-0.3, -0.25) is 0 Å². The molecule has 1 saturated heterocycles. The summed E-state index contributed by atoms with van der Waals surface area (Å²) in [5.74, 6) is 0. The number of hydrogen-bond acceptors (Lipinski definition) is 4. The summed E-state index contributed by atoms with van der Waals surface area (Å²) >= 11 is 0. The number of hydrogen-bond donors (Lipinski definition) is 2. The van der Waals surface area contributed by atoms with E-state index in [0.717, 1.165) is 25.9 Å². The lowest BCUT2D eigenvalue weighted by atomic mass is 9.92. The summed E-state index contributed by atoms with van der Waals surface area (Å²) in [4.78, 5) is 0.191. The van der Waals surface area contributed by atoms with Gasteiger partial charge in [-0.05, 0) is 57.5 Å². The van der Waals surface area contributed by atoms with Crippen LogP contribution < -0.4 is 10.0 Å². The molecule has 0 unspecified atom stereocenters. The van der Waals surface area contributed by atoms with E-state index < -0.39 is 15.6 Å². The summed E-state index contributed by atoms with van der Waals surface area (Å²) in [6.45, 7) is 5.27. The van der Waals surface area contributed by atoms with Crippen molar-refractivity contribution in [2.24, 2.45) is 0 Å². The summed E-state index contributed by atoms with van der Waals surface area (Å²) in [5, 5.41) is 12.1. The van der Waals surface area contributed by atoms with E-state index in [1.807, 2.05) is 13.0 Å². The lowest BCUT2D eigenvalue weighted by Gasteiger charge is -2.34. The molecule has 1 fully saturated rings. The molecule has 0 saturated carbocycles. The van der Waals surface area contributed by atoms with E-state index in [0.29, 0.717) is 11.1 Å². The first kappa shape index (κ1) is 15.0. The Bertz CT molecular complexity index is 641. The summed E-state index contributed by atoms with van der Waals surface area (Å²) in [6, 6.07) is 6.70. The van der Waals surface area contributed by atoms with Crippen molar-refractivity contribution < 1.29 is 8.42 Å². The second kappa shape index (κ2) is 5.52. The van der Waals surface area contributed by atoms with Gasteiger partial charge in [0.2, 0.25) is 10.0 Å². The molecular formula is C14H19N3O2S. The Morgan fingerprint density at radius 1 is 1.35 bits per heavy atom. The smallest absolute Gasteiger partial charge is 0.241 e. The average Bonchev–Trinajstić information content (AvgIpc) is 2.38. The number of benzene rings is 1. The maximum Gasteiger partial charge on any atom is 0.241 e. The van der Waals surface area contributed by atoms with Gasteiger partial charge in [-0.25, -0.2) is 13.1 Å². The van der Waals surface area contributed by atoms with Crippen molar-refractivity contribution in [2.75, 3.05) is 13.1 Å². The number of piperidine rings is 1. The van der Waals surface area contributed by atoms with Crippen LogP contribution in [0.3, 0.4) is 0 Å². The monoisotopic (exact) mass is 293 g/mol. The van der Waals surface area contributed by atoms with E-state index in [9.17, 15) is 8.42 Å². The van der Waals surface area contributed by atoms with Crippen LogP contribution in [0.1, 0.15) is 30.9 Å². The van der Waals surface area contributed by atoms with Crippen molar-refractivity contribution in [3.63, 3.8) is 0 Å². The summed E-state index contributed by atoms with van der Waals surface area (Å²) in [5.41, 5.74) is 0.569. The quantitative estimate of drug-likeness (QED) is 0.879. The second-order valence-corrected chi connectivity index (χ2v) is 7.16. The largest absolute Gasteiger partial charge is 0.317 e. The van der Waals surface area contributed by atoms with Gasteiger partial charge in [0.1, 0.15) is 0 Å². The van der Waals surface area contributed by atoms with Crippen LogP contribution in [0.15, 0.2) is 23.1 Å². The second-order valence-electron chi connectivity index (χ2n) is 5.51. The molecule has 0 spiro atoms. The van der Waals surface area contributed by atoms with E-state index in [1.165, 1.54) is 6.07 Å². The lowest BCUT2D eigenvalue weighted by molar-refractivity contribution is 0.308. The zero-order valence-electron chi connectivity index (χ0n) is 11.7. The van der Waals surface area contributed by atoms with Gasteiger partial charge in [-0.1, -0.05) is 6.07 Å². The van der Waals surface area contributed by atoms with Crippen molar-refractivity contribution >= 4 is 10.0 Å². The summed E-state index contributed by atoms with van der Waals surface area (Å²) in [7, 11) is -3.61. The number of rotatable bonds is 3. The molecule has 5 nitrogen and oxygen atoms in total. The van der Waals surface area contributed by atoms with Gasteiger partial charge in [0.05, 0.1) is 16.5 Å². The number of aryl methyl sites for hydroxylation is 1. The zero-order chi connectivity index (χ0) is 14.8. The molecule has 20 heavy (non-hydrogen) atoms. The van der Waals surface area contributed by atoms with Gasteiger partial charge in [0.15, 0.2) is 0 Å². The number of nitriles is 1. The highest BCUT2D eigenvalue weighted by molar-refractivity contribution is 7.89. The molecule has 108 valence electrons. The third kappa shape index (κ3) is 3.18. The highest BCUT2D eigenvalue weighted by Gasteiger charge is 2.32. The van der Waals surface area contributed by atoms with Crippen molar-refractivity contribution in [3.05, 3.63) is 29.3 Å². The molecule has 1 aromatic carbocycles. The Balaban J connectivity index is 2.33. The highest BCUT2D eigenvalue weighted by atomic mass is 32.2. The topological polar surface area (TPSA) is 82.0 Å². The summed E-state index contributed by atoms with van der Waals surface area (Å²) in [6.07, 6.45) is 1.51. The first-order chi connectivity index (χ1) is 9.36. The van der Waals surface area contributed by atoms with Crippen LogP contribution in [-0.2, 0) is 10.0 Å². The number of nitrogens with one attached hydrogen (secondary N) is 2. The SMILES string of the molecule is Cc1ccc(C#N)cc1S(=O)(=O)NC1(C)CCNCC1. The van der Waals surface area contributed by atoms with Gasteiger partial charge in [0, 0.05) is 5.54 Å². The fourth-order valence-electron chi connectivity index (χ4n) is 2.42. The third-order valence-corrected chi connectivity index (χ3v) is 5.48. The minimum atomic E-state index is -3.61. The minimum Gasteiger partial charge on any atom is -0.317 e. The molecular weight excluding hydrogens is 274 g/mol. The third-order valence-electron chi connectivity index (χ3n) is 3.69. The maximum absolute atomic E-state index is 12.6. The van der Waals surface area contributed by atoms with Crippen molar-refractivity contribution in [3.8, 4) is 6.07 Å². The number of sulfonamides is 1. The first-order valence-electron chi connectivity index (χ1n) is 6.62. The van der Waals surface area contributed by atoms with Crippen LogP contribution in [0.25, 0.3) is 0 Å². The molecule has 0 aliphatic carbocycles. The van der Waals surface area contributed by atoms with E-state index in [4.69, 9.17) is 5.26 Å². The number of nitrogens with zero attached hydrogens (tertiary/aromatic N) is 1. The molecule has 0 amide bonds. The fraction of sp³-hybridized carbons (Fsp3) is 0.500. The zero-order valence-corrected chi connectivity index (χ0v) is 12.5. The lowest BCUT2D eigenvalue weighted by Crippen LogP contribution is -2.52. The van der Waals surface area contributed by atoms with Crippen LogP contribution >= 0.6 is 0 Å². The van der Waals surface area contributed by atoms with Crippen molar-refractivity contribution in [1.82, 2.24) is 10.0 Å². The fourth-order valence-corrected chi connectivity index (χ4v) is 4.16. The minimum absolute atomic E-state index is 0.191. The van der Waals surface area contributed by atoms with Crippen LogP contribution in [-0.4, -0.2) is 27.0 Å². The molecule has 2 N–H and O–H groups in total. The molecule has 0 radical (unpaired) electrons. The molecule has 1 aliphatic heterocycles. The van der Waals surface area contributed by atoms with Gasteiger partial charge >= 0.3 is 0 Å². The summed E-state index contributed by atoms with van der Waals surface area (Å²) < 4.78 is 27.9. The Morgan fingerprint density at radius 3 is 2.60 bits per heavy atom. The van der Waals surface area contributed by atoms with Gasteiger partial charge in [-0.15, -0.1) is 0 Å². The van der Waals surface area contributed by atoms with Crippen LogP contribution in [0.5, 0.6) is 0 Å². The Labute approximate surface area is 120 Å². The van der Waals surface area contributed by atoms with Crippen LogP contribution in [0.4, 0.5) is 0 Å². The maximum atomic E-state index is 12.6.